The molecule has 0 aliphatic heterocycles. The molecule has 0 saturated heterocycles. The van der Waals surface area contributed by atoms with Gasteiger partial charge in [-0.3, -0.25) is 0 Å². The van der Waals surface area contributed by atoms with E-state index in [2.05, 4.69) is 27.6 Å². The van der Waals surface area contributed by atoms with Gasteiger partial charge in [0.15, 0.2) is 0 Å². The van der Waals surface area contributed by atoms with Crippen molar-refractivity contribution in [3.05, 3.63) is 28.7 Å². The molecular formula is C14H22BrNO2S. The standard InChI is InChI=1S/C14H22BrNO2S/c1-3-4-5-6-8-12(2)16-19(17,18)14-10-7-9-13(15)11-14/h7,9-12,16H,3-6,8H2,1-2H3. The van der Waals surface area contributed by atoms with E-state index in [0.29, 0.717) is 4.90 Å². The SMILES string of the molecule is CCCCCCC(C)NS(=O)(=O)c1cccc(Br)c1. The molecule has 0 spiro atoms. The lowest BCUT2D eigenvalue weighted by Gasteiger charge is -2.14. The number of benzene rings is 1. The van der Waals surface area contributed by atoms with Gasteiger partial charge in [0.2, 0.25) is 10.0 Å². The van der Waals surface area contributed by atoms with E-state index < -0.39 is 10.0 Å². The summed E-state index contributed by atoms with van der Waals surface area (Å²) in [7, 11) is -3.40. The van der Waals surface area contributed by atoms with Crippen LogP contribution in [0.15, 0.2) is 33.6 Å². The van der Waals surface area contributed by atoms with Crippen molar-refractivity contribution in [2.75, 3.05) is 0 Å². The average molecular weight is 348 g/mol. The van der Waals surface area contributed by atoms with E-state index in [1.54, 1.807) is 18.2 Å². The summed E-state index contributed by atoms with van der Waals surface area (Å²) in [6, 6.07) is 6.74. The van der Waals surface area contributed by atoms with Crippen molar-refractivity contribution in [1.82, 2.24) is 4.72 Å². The second-order valence-electron chi connectivity index (χ2n) is 4.83. The van der Waals surface area contributed by atoms with Crippen molar-refractivity contribution in [3.8, 4) is 0 Å². The zero-order chi connectivity index (χ0) is 14.3. The molecule has 3 nitrogen and oxygen atoms in total. The lowest BCUT2D eigenvalue weighted by Crippen LogP contribution is -2.32. The Morgan fingerprint density at radius 2 is 2.00 bits per heavy atom. The smallest absolute Gasteiger partial charge is 0.208 e. The van der Waals surface area contributed by atoms with Gasteiger partial charge in [0.1, 0.15) is 0 Å². The fourth-order valence-electron chi connectivity index (χ4n) is 1.90. The number of hydrogen-bond acceptors (Lipinski definition) is 2. The van der Waals surface area contributed by atoms with Crippen molar-refractivity contribution >= 4 is 26.0 Å². The molecule has 1 N–H and O–H groups in total. The fraction of sp³-hybridized carbons (Fsp3) is 0.571. The molecule has 0 amide bonds. The molecule has 0 bridgehead atoms. The summed E-state index contributed by atoms with van der Waals surface area (Å²) in [6.07, 6.45) is 5.52. The van der Waals surface area contributed by atoms with Gasteiger partial charge in [-0.15, -0.1) is 0 Å². The lowest BCUT2D eigenvalue weighted by atomic mass is 10.1. The number of rotatable bonds is 8. The van der Waals surface area contributed by atoms with Crippen LogP contribution in [0.25, 0.3) is 0 Å². The van der Waals surface area contributed by atoms with Crippen LogP contribution in [0, 0.1) is 0 Å². The van der Waals surface area contributed by atoms with Crippen LogP contribution in [0.5, 0.6) is 0 Å². The third-order valence-electron chi connectivity index (χ3n) is 2.95. The van der Waals surface area contributed by atoms with Gasteiger partial charge in [0.05, 0.1) is 4.90 Å². The van der Waals surface area contributed by atoms with Crippen molar-refractivity contribution < 1.29 is 8.42 Å². The van der Waals surface area contributed by atoms with E-state index in [1.165, 1.54) is 19.3 Å². The molecule has 0 aromatic heterocycles. The Bertz CT molecular complexity index is 488. The Kier molecular flexibility index (Phi) is 7.04. The summed E-state index contributed by atoms with van der Waals surface area (Å²) in [4.78, 5) is 0.308. The summed E-state index contributed by atoms with van der Waals surface area (Å²) in [5.41, 5.74) is 0. The zero-order valence-corrected chi connectivity index (χ0v) is 13.9. The van der Waals surface area contributed by atoms with E-state index in [0.717, 1.165) is 17.3 Å². The summed E-state index contributed by atoms with van der Waals surface area (Å²) in [5.74, 6) is 0. The Morgan fingerprint density at radius 3 is 2.63 bits per heavy atom. The molecule has 1 aromatic rings. The molecule has 1 aromatic carbocycles. The van der Waals surface area contributed by atoms with Gasteiger partial charge in [-0.1, -0.05) is 54.6 Å². The van der Waals surface area contributed by atoms with Gasteiger partial charge in [0, 0.05) is 10.5 Å². The maximum absolute atomic E-state index is 12.2. The molecule has 108 valence electrons. The third kappa shape index (κ3) is 6.06. The first-order chi connectivity index (χ1) is 8.95. The van der Waals surface area contributed by atoms with Crippen LogP contribution >= 0.6 is 15.9 Å². The molecule has 5 heteroatoms. The molecule has 0 fully saturated rings. The minimum Gasteiger partial charge on any atom is -0.208 e. The summed E-state index contributed by atoms with van der Waals surface area (Å²) in [5, 5.41) is 0. The van der Waals surface area contributed by atoms with E-state index in [4.69, 9.17) is 0 Å². The van der Waals surface area contributed by atoms with Crippen molar-refractivity contribution in [3.63, 3.8) is 0 Å². The molecule has 1 rings (SSSR count). The first kappa shape index (κ1) is 16.7. The van der Waals surface area contributed by atoms with E-state index >= 15 is 0 Å². The van der Waals surface area contributed by atoms with E-state index in [1.807, 2.05) is 13.0 Å². The largest absolute Gasteiger partial charge is 0.240 e. The number of hydrogen-bond donors (Lipinski definition) is 1. The van der Waals surface area contributed by atoms with Crippen molar-refractivity contribution in [2.45, 2.75) is 56.9 Å². The van der Waals surface area contributed by atoms with Gasteiger partial charge in [-0.05, 0) is 31.5 Å². The summed E-state index contributed by atoms with van der Waals surface area (Å²) < 4.78 is 27.8. The molecule has 0 radical (unpaired) electrons. The molecule has 0 saturated carbocycles. The normalized spacial score (nSPS) is 13.4. The zero-order valence-electron chi connectivity index (χ0n) is 11.5. The van der Waals surface area contributed by atoms with E-state index in [9.17, 15) is 8.42 Å². The van der Waals surface area contributed by atoms with Crippen LogP contribution in [0.1, 0.15) is 46.0 Å². The average Bonchev–Trinajstić information content (AvgIpc) is 2.34. The lowest BCUT2D eigenvalue weighted by molar-refractivity contribution is 0.522. The molecule has 1 atom stereocenters. The monoisotopic (exact) mass is 347 g/mol. The van der Waals surface area contributed by atoms with Crippen LogP contribution < -0.4 is 4.72 Å². The van der Waals surface area contributed by atoms with Gasteiger partial charge in [-0.2, -0.15) is 0 Å². The van der Waals surface area contributed by atoms with Gasteiger partial charge in [-0.25, -0.2) is 13.1 Å². The van der Waals surface area contributed by atoms with Crippen molar-refractivity contribution in [1.29, 1.82) is 0 Å². The maximum atomic E-state index is 12.2. The highest BCUT2D eigenvalue weighted by atomic mass is 79.9. The van der Waals surface area contributed by atoms with Gasteiger partial charge >= 0.3 is 0 Å². The Hall–Kier alpha value is -0.390. The first-order valence-corrected chi connectivity index (χ1v) is 9.01. The highest BCUT2D eigenvalue weighted by Crippen LogP contribution is 2.17. The first-order valence-electron chi connectivity index (χ1n) is 6.73. The maximum Gasteiger partial charge on any atom is 0.240 e. The van der Waals surface area contributed by atoms with Crippen LogP contribution in [0.3, 0.4) is 0 Å². The highest BCUT2D eigenvalue weighted by Gasteiger charge is 2.17. The summed E-state index contributed by atoms with van der Waals surface area (Å²) >= 11 is 3.29. The molecule has 0 aliphatic rings. The van der Waals surface area contributed by atoms with Gasteiger partial charge < -0.3 is 0 Å². The number of sulfonamides is 1. The number of unbranched alkanes of at least 4 members (excludes halogenated alkanes) is 3. The molecule has 0 heterocycles. The second kappa shape index (κ2) is 8.02. The van der Waals surface area contributed by atoms with Crippen molar-refractivity contribution in [2.24, 2.45) is 0 Å². The molecular weight excluding hydrogens is 326 g/mol. The Morgan fingerprint density at radius 1 is 1.26 bits per heavy atom. The molecule has 1 unspecified atom stereocenters. The van der Waals surface area contributed by atoms with Crippen LogP contribution in [0.2, 0.25) is 0 Å². The second-order valence-corrected chi connectivity index (χ2v) is 7.46. The number of halogens is 1. The van der Waals surface area contributed by atoms with Crippen LogP contribution in [0.4, 0.5) is 0 Å². The predicted molar refractivity (Wildman–Crippen MR) is 82.7 cm³/mol. The van der Waals surface area contributed by atoms with Crippen LogP contribution in [-0.2, 0) is 10.0 Å². The third-order valence-corrected chi connectivity index (χ3v) is 5.03. The molecule has 19 heavy (non-hydrogen) atoms. The number of nitrogens with one attached hydrogen (secondary N) is 1. The quantitative estimate of drug-likeness (QED) is 0.720. The minimum atomic E-state index is -3.40. The fourth-order valence-corrected chi connectivity index (χ4v) is 3.78. The summed E-state index contributed by atoms with van der Waals surface area (Å²) in [6.45, 7) is 4.08. The molecule has 0 aliphatic carbocycles. The highest BCUT2D eigenvalue weighted by molar-refractivity contribution is 9.10. The Labute approximate surface area is 125 Å². The van der Waals surface area contributed by atoms with Crippen LogP contribution in [-0.4, -0.2) is 14.5 Å². The topological polar surface area (TPSA) is 46.2 Å². The van der Waals surface area contributed by atoms with Gasteiger partial charge in [0.25, 0.3) is 0 Å². The Balaban J connectivity index is 2.55. The predicted octanol–water partition coefficient (Wildman–Crippen LogP) is 4.09. The van der Waals surface area contributed by atoms with E-state index in [-0.39, 0.29) is 6.04 Å². The minimum absolute atomic E-state index is 0.0270.